The van der Waals surface area contributed by atoms with Crippen molar-refractivity contribution in [3.8, 4) is 5.75 Å². The molecule has 0 radical (unpaired) electrons. The van der Waals surface area contributed by atoms with Gasteiger partial charge in [-0.2, -0.15) is 0 Å². The van der Waals surface area contributed by atoms with Crippen LogP contribution < -0.4 is 10.1 Å². The van der Waals surface area contributed by atoms with Gasteiger partial charge in [-0.25, -0.2) is 4.98 Å². The zero-order valence-corrected chi connectivity index (χ0v) is 16.1. The Kier molecular flexibility index (Phi) is 4.71. The first-order chi connectivity index (χ1) is 11.7. The van der Waals surface area contributed by atoms with Crippen LogP contribution >= 0.6 is 22.9 Å². The number of halogens is 1. The molecule has 0 saturated carbocycles. The lowest BCUT2D eigenvalue weighted by Gasteiger charge is -2.24. The van der Waals surface area contributed by atoms with Gasteiger partial charge in [0.1, 0.15) is 5.75 Å². The van der Waals surface area contributed by atoms with Crippen LogP contribution in [0.1, 0.15) is 25.0 Å². The van der Waals surface area contributed by atoms with Crippen molar-refractivity contribution in [2.24, 2.45) is 0 Å². The predicted molar refractivity (Wildman–Crippen MR) is 104 cm³/mol. The van der Waals surface area contributed by atoms with Gasteiger partial charge in [-0.1, -0.05) is 29.0 Å². The van der Waals surface area contributed by atoms with E-state index in [1.807, 2.05) is 19.9 Å². The number of anilines is 1. The van der Waals surface area contributed by atoms with Crippen LogP contribution in [0.25, 0.3) is 10.2 Å². The number of rotatable bonds is 4. The van der Waals surface area contributed by atoms with Crippen molar-refractivity contribution in [3.63, 3.8) is 0 Å². The van der Waals surface area contributed by atoms with Crippen molar-refractivity contribution < 1.29 is 9.53 Å². The number of hydrogen-bond donors (Lipinski definition) is 1. The summed E-state index contributed by atoms with van der Waals surface area (Å²) in [5, 5.41) is 4.06. The van der Waals surface area contributed by atoms with Gasteiger partial charge in [-0.3, -0.25) is 10.1 Å². The van der Waals surface area contributed by atoms with Gasteiger partial charge in [0.25, 0.3) is 5.91 Å². The molecule has 1 aromatic heterocycles. The molecule has 2 aromatic carbocycles. The van der Waals surface area contributed by atoms with E-state index < -0.39 is 5.60 Å². The molecular formula is C19H19ClN2O2S. The number of aryl methyl sites for hydroxylation is 2. The Labute approximate surface area is 155 Å². The Morgan fingerprint density at radius 1 is 1.20 bits per heavy atom. The molecule has 1 amide bonds. The Hall–Kier alpha value is -2.11. The predicted octanol–water partition coefficient (Wildman–Crippen LogP) is 5.36. The molecular weight excluding hydrogens is 356 g/mol. The minimum Gasteiger partial charge on any atom is -0.478 e. The van der Waals surface area contributed by atoms with Crippen LogP contribution in [0.4, 0.5) is 5.13 Å². The highest BCUT2D eigenvalue weighted by atomic mass is 35.5. The lowest BCUT2D eigenvalue weighted by Crippen LogP contribution is -2.42. The number of aromatic nitrogens is 1. The maximum atomic E-state index is 12.6. The number of thiazole rings is 1. The van der Waals surface area contributed by atoms with Gasteiger partial charge in [0.05, 0.1) is 10.2 Å². The highest BCUT2D eigenvalue weighted by molar-refractivity contribution is 7.22. The van der Waals surface area contributed by atoms with Crippen molar-refractivity contribution in [1.29, 1.82) is 0 Å². The normalized spacial score (nSPS) is 11.6. The molecule has 130 valence electrons. The number of carbonyl (C=O) groups is 1. The van der Waals surface area contributed by atoms with Crippen molar-refractivity contribution in [3.05, 3.63) is 52.5 Å². The molecule has 25 heavy (non-hydrogen) atoms. The van der Waals surface area contributed by atoms with Crippen molar-refractivity contribution >= 4 is 44.2 Å². The van der Waals surface area contributed by atoms with Crippen LogP contribution in [0.15, 0.2) is 36.4 Å². The zero-order valence-electron chi connectivity index (χ0n) is 14.5. The van der Waals surface area contributed by atoms with Crippen molar-refractivity contribution in [1.82, 2.24) is 4.98 Å². The first-order valence-electron chi connectivity index (χ1n) is 7.88. The second-order valence-corrected chi connectivity index (χ2v) is 7.91. The minimum absolute atomic E-state index is 0.254. The molecule has 0 saturated heterocycles. The lowest BCUT2D eigenvalue weighted by molar-refractivity contribution is -0.128. The number of hydrogen-bond acceptors (Lipinski definition) is 4. The molecule has 3 rings (SSSR count). The molecule has 4 nitrogen and oxygen atoms in total. The highest BCUT2D eigenvalue weighted by Gasteiger charge is 2.30. The lowest BCUT2D eigenvalue weighted by atomic mass is 10.1. The third-order valence-electron chi connectivity index (χ3n) is 3.77. The third kappa shape index (κ3) is 3.94. The number of nitrogens with zero attached hydrogens (tertiary/aromatic N) is 1. The fourth-order valence-corrected chi connectivity index (χ4v) is 3.56. The maximum Gasteiger partial charge on any atom is 0.269 e. The van der Waals surface area contributed by atoms with Crippen molar-refractivity contribution in [2.45, 2.75) is 33.3 Å². The topological polar surface area (TPSA) is 51.2 Å². The van der Waals surface area contributed by atoms with Gasteiger partial charge in [0, 0.05) is 5.02 Å². The second kappa shape index (κ2) is 6.65. The van der Waals surface area contributed by atoms with Crippen LogP contribution in [-0.2, 0) is 4.79 Å². The molecule has 1 N–H and O–H groups in total. The molecule has 0 unspecified atom stereocenters. The molecule has 0 aliphatic rings. The van der Waals surface area contributed by atoms with Crippen molar-refractivity contribution in [2.75, 3.05) is 5.32 Å². The number of fused-ring (bicyclic) bond motifs is 1. The smallest absolute Gasteiger partial charge is 0.269 e. The largest absolute Gasteiger partial charge is 0.478 e. The number of amides is 1. The molecule has 1 heterocycles. The first-order valence-corrected chi connectivity index (χ1v) is 9.08. The van der Waals surface area contributed by atoms with Gasteiger partial charge < -0.3 is 4.74 Å². The van der Waals surface area contributed by atoms with Crippen LogP contribution in [0.2, 0.25) is 5.02 Å². The first kappa shape index (κ1) is 17.7. The van der Waals surface area contributed by atoms with E-state index in [9.17, 15) is 4.79 Å². The van der Waals surface area contributed by atoms with E-state index in [4.69, 9.17) is 16.3 Å². The summed E-state index contributed by atoms with van der Waals surface area (Å²) in [5.41, 5.74) is 2.16. The van der Waals surface area contributed by atoms with Crippen LogP contribution in [0.5, 0.6) is 5.75 Å². The number of carbonyl (C=O) groups excluding carboxylic acids is 1. The summed E-state index contributed by atoms with van der Waals surface area (Å²) in [4.78, 5) is 17.2. The summed E-state index contributed by atoms with van der Waals surface area (Å²) in [5.74, 6) is 0.330. The molecule has 0 aliphatic heterocycles. The Morgan fingerprint density at radius 2 is 1.88 bits per heavy atom. The van der Waals surface area contributed by atoms with Gasteiger partial charge in [0.15, 0.2) is 10.7 Å². The van der Waals surface area contributed by atoms with Gasteiger partial charge in [0.2, 0.25) is 0 Å². The fraction of sp³-hybridized carbons (Fsp3) is 0.263. The Balaban J connectivity index is 1.78. The third-order valence-corrected chi connectivity index (χ3v) is 5.15. The minimum atomic E-state index is -1.04. The van der Waals surface area contributed by atoms with Gasteiger partial charge in [-0.15, -0.1) is 0 Å². The second-order valence-electron chi connectivity index (χ2n) is 6.47. The van der Waals surface area contributed by atoms with Crippen LogP contribution in [0.3, 0.4) is 0 Å². The van der Waals surface area contributed by atoms with Crippen LogP contribution in [-0.4, -0.2) is 16.5 Å². The average Bonchev–Trinajstić information content (AvgIpc) is 2.92. The summed E-state index contributed by atoms with van der Waals surface area (Å²) in [6, 6.07) is 11.1. The SMILES string of the molecule is Cc1cc(C)c2sc(NC(=O)C(C)(C)Oc3ccc(Cl)cc3)nc2c1. The van der Waals surface area contributed by atoms with E-state index in [0.29, 0.717) is 15.9 Å². The monoisotopic (exact) mass is 374 g/mol. The number of benzene rings is 2. The number of nitrogens with one attached hydrogen (secondary N) is 1. The average molecular weight is 375 g/mol. The van der Waals surface area contributed by atoms with Gasteiger partial charge >= 0.3 is 0 Å². The summed E-state index contributed by atoms with van der Waals surface area (Å²) < 4.78 is 6.89. The summed E-state index contributed by atoms with van der Waals surface area (Å²) in [6.45, 7) is 7.53. The molecule has 0 bridgehead atoms. The molecule has 0 spiro atoms. The highest BCUT2D eigenvalue weighted by Crippen LogP contribution is 2.30. The Morgan fingerprint density at radius 3 is 2.56 bits per heavy atom. The van der Waals surface area contributed by atoms with E-state index in [0.717, 1.165) is 21.3 Å². The summed E-state index contributed by atoms with van der Waals surface area (Å²) in [7, 11) is 0. The quantitative estimate of drug-likeness (QED) is 0.668. The summed E-state index contributed by atoms with van der Waals surface area (Å²) in [6.07, 6.45) is 0. The van der Waals surface area contributed by atoms with Crippen LogP contribution in [0, 0.1) is 13.8 Å². The maximum absolute atomic E-state index is 12.6. The standard InChI is InChI=1S/C19H19ClN2O2S/c1-11-9-12(2)16-15(10-11)21-18(25-16)22-17(23)19(3,4)24-14-7-5-13(20)6-8-14/h5-10H,1-4H3,(H,21,22,23). The molecule has 6 heteroatoms. The van der Waals surface area contributed by atoms with Gasteiger partial charge in [-0.05, 0) is 69.2 Å². The molecule has 0 fully saturated rings. The Bertz CT molecular complexity index is 932. The number of ether oxygens (including phenoxy) is 1. The van der Waals surface area contributed by atoms with E-state index in [1.165, 1.54) is 11.3 Å². The van der Waals surface area contributed by atoms with E-state index in [1.54, 1.807) is 38.1 Å². The van der Waals surface area contributed by atoms with E-state index in [2.05, 4.69) is 16.4 Å². The molecule has 3 aromatic rings. The van der Waals surface area contributed by atoms with E-state index in [-0.39, 0.29) is 5.91 Å². The molecule has 0 aliphatic carbocycles. The zero-order chi connectivity index (χ0) is 18.2. The van der Waals surface area contributed by atoms with E-state index >= 15 is 0 Å². The molecule has 0 atom stereocenters. The summed E-state index contributed by atoms with van der Waals surface area (Å²) >= 11 is 7.34. The fourth-order valence-electron chi connectivity index (χ4n) is 2.52.